The van der Waals surface area contributed by atoms with E-state index in [4.69, 9.17) is 46.4 Å². The van der Waals surface area contributed by atoms with E-state index in [0.717, 1.165) is 0 Å². The molecule has 0 fully saturated rings. The lowest BCUT2D eigenvalue weighted by atomic mass is 10.4. The Hall–Kier alpha value is -0.290. The van der Waals surface area contributed by atoms with Gasteiger partial charge in [-0.25, -0.2) is 0 Å². The zero-order chi connectivity index (χ0) is 10.2. The molecule has 1 rings (SSSR count). The van der Waals surface area contributed by atoms with E-state index in [2.05, 4.69) is 4.98 Å². The summed E-state index contributed by atoms with van der Waals surface area (Å²) in [5.74, 6) is -0.610. The number of aromatic nitrogens is 1. The highest BCUT2D eigenvalue weighted by Crippen LogP contribution is 2.38. The molecule has 70 valence electrons. The minimum absolute atomic E-state index is 0.0982. The van der Waals surface area contributed by atoms with Crippen molar-refractivity contribution in [3.63, 3.8) is 0 Å². The number of halogens is 4. The average Bonchev–Trinajstić information content (AvgIpc) is 2.07. The Morgan fingerprint density at radius 3 is 2.08 bits per heavy atom. The molecule has 0 atom stereocenters. The molecule has 4 nitrogen and oxygen atoms in total. The summed E-state index contributed by atoms with van der Waals surface area (Å²) in [6.45, 7) is 0. The Morgan fingerprint density at radius 1 is 1.08 bits per heavy atom. The van der Waals surface area contributed by atoms with Crippen LogP contribution in [-0.4, -0.2) is 9.91 Å². The van der Waals surface area contributed by atoms with Gasteiger partial charge in [-0.05, 0) is 21.5 Å². The predicted molar refractivity (Wildman–Crippen MR) is 50.9 cm³/mol. The van der Waals surface area contributed by atoms with Gasteiger partial charge in [-0.1, -0.05) is 34.8 Å². The maximum atomic E-state index is 10.3. The second-order valence-corrected chi connectivity index (χ2v) is 3.42. The smallest absolute Gasteiger partial charge is 0.358 e. The van der Waals surface area contributed by atoms with Crippen molar-refractivity contribution in [1.29, 1.82) is 0 Å². The van der Waals surface area contributed by atoms with Gasteiger partial charge < -0.3 is 10.1 Å². The third kappa shape index (κ3) is 1.96. The number of pyridine rings is 1. The quantitative estimate of drug-likeness (QED) is 0.441. The maximum absolute atomic E-state index is 10.3. The number of hydrogen-bond acceptors (Lipinski definition) is 3. The lowest BCUT2D eigenvalue weighted by Crippen LogP contribution is -1.94. The van der Waals surface area contributed by atoms with Crippen LogP contribution >= 0.6 is 46.4 Å². The first-order valence-electron chi connectivity index (χ1n) is 2.79. The summed E-state index contributed by atoms with van der Waals surface area (Å²) in [7, 11) is 0. The second-order valence-electron chi connectivity index (χ2n) is 1.93. The molecule has 0 bridgehead atoms. The molecule has 0 saturated heterocycles. The summed E-state index contributed by atoms with van der Waals surface area (Å²) >= 11 is 22.0. The molecular weight excluding hydrogens is 262 g/mol. The molecule has 0 saturated carbocycles. The molecule has 0 N–H and O–H groups in total. The number of hydrogen-bond donors (Lipinski definition) is 0. The van der Waals surface area contributed by atoms with Crippen LogP contribution in [0.15, 0.2) is 0 Å². The van der Waals surface area contributed by atoms with Gasteiger partial charge in [0.15, 0.2) is 5.02 Å². The van der Waals surface area contributed by atoms with E-state index in [1.807, 2.05) is 0 Å². The van der Waals surface area contributed by atoms with E-state index in [1.165, 1.54) is 0 Å². The van der Waals surface area contributed by atoms with Crippen molar-refractivity contribution in [3.8, 4) is 0 Å². The molecule has 1 heterocycles. The van der Waals surface area contributed by atoms with Gasteiger partial charge in [0.05, 0.1) is 5.02 Å². The van der Waals surface area contributed by atoms with Crippen molar-refractivity contribution in [3.05, 3.63) is 30.3 Å². The SMILES string of the molecule is O=[N+]([O-])c1nc(Cl)c(Cl)c(Cl)c1Cl. The molecule has 1 aromatic rings. The van der Waals surface area contributed by atoms with Crippen LogP contribution in [-0.2, 0) is 0 Å². The first kappa shape index (κ1) is 10.8. The molecule has 1 aromatic heterocycles. The average molecular weight is 262 g/mol. The molecule has 8 heteroatoms. The van der Waals surface area contributed by atoms with Crippen LogP contribution in [0.3, 0.4) is 0 Å². The number of rotatable bonds is 1. The summed E-state index contributed by atoms with van der Waals surface area (Å²) in [5.41, 5.74) is 0. The highest BCUT2D eigenvalue weighted by molar-refractivity contribution is 6.51. The molecular formula is C5Cl4N2O2. The van der Waals surface area contributed by atoms with Crippen molar-refractivity contribution in [2.24, 2.45) is 0 Å². The fourth-order valence-corrected chi connectivity index (χ4v) is 1.38. The van der Waals surface area contributed by atoms with Crippen LogP contribution in [0.4, 0.5) is 5.82 Å². The lowest BCUT2D eigenvalue weighted by Gasteiger charge is -1.99. The Labute approximate surface area is 92.5 Å². The summed E-state index contributed by atoms with van der Waals surface area (Å²) in [6.07, 6.45) is 0. The van der Waals surface area contributed by atoms with E-state index in [0.29, 0.717) is 0 Å². The fraction of sp³-hybridized carbons (Fsp3) is 0. The summed E-state index contributed by atoms with van der Waals surface area (Å²) in [6, 6.07) is 0. The first-order chi connectivity index (χ1) is 5.95. The van der Waals surface area contributed by atoms with E-state index in [-0.39, 0.29) is 20.2 Å². The minimum Gasteiger partial charge on any atom is -0.358 e. The predicted octanol–water partition coefficient (Wildman–Crippen LogP) is 3.60. The topological polar surface area (TPSA) is 56.0 Å². The normalized spacial score (nSPS) is 10.2. The second kappa shape index (κ2) is 3.84. The Bertz CT molecular complexity index is 381. The van der Waals surface area contributed by atoms with Crippen molar-refractivity contribution < 1.29 is 4.92 Å². The molecule has 0 aliphatic heterocycles. The monoisotopic (exact) mass is 260 g/mol. The van der Waals surface area contributed by atoms with Gasteiger partial charge in [0, 0.05) is 0 Å². The molecule has 0 aliphatic carbocycles. The standard InChI is InChI=1S/C5Cl4N2O2/c6-1-2(7)4(9)10-5(3(1)8)11(12)13. The van der Waals surface area contributed by atoms with Gasteiger partial charge >= 0.3 is 5.82 Å². The summed E-state index contributed by atoms with van der Waals surface area (Å²) in [5, 5.41) is 9.50. The highest BCUT2D eigenvalue weighted by Gasteiger charge is 2.23. The van der Waals surface area contributed by atoms with Crippen molar-refractivity contribution >= 4 is 52.2 Å². The molecule has 13 heavy (non-hydrogen) atoms. The first-order valence-corrected chi connectivity index (χ1v) is 4.30. The van der Waals surface area contributed by atoms with Gasteiger partial charge in [0.2, 0.25) is 0 Å². The zero-order valence-corrected chi connectivity index (χ0v) is 8.75. The van der Waals surface area contributed by atoms with Crippen LogP contribution in [0.5, 0.6) is 0 Å². The third-order valence-corrected chi connectivity index (χ3v) is 2.81. The Kier molecular flexibility index (Phi) is 3.18. The molecule has 0 radical (unpaired) electrons. The molecule has 0 aromatic carbocycles. The van der Waals surface area contributed by atoms with E-state index >= 15 is 0 Å². The van der Waals surface area contributed by atoms with Gasteiger partial charge in [0.1, 0.15) is 5.02 Å². The van der Waals surface area contributed by atoms with E-state index in [9.17, 15) is 10.1 Å². The minimum atomic E-state index is -0.795. The largest absolute Gasteiger partial charge is 0.385 e. The highest BCUT2D eigenvalue weighted by atomic mass is 35.5. The van der Waals surface area contributed by atoms with Gasteiger partial charge in [-0.2, -0.15) is 0 Å². The maximum Gasteiger partial charge on any atom is 0.385 e. The third-order valence-electron chi connectivity index (χ3n) is 1.14. The van der Waals surface area contributed by atoms with Gasteiger partial charge in [-0.15, -0.1) is 0 Å². The van der Waals surface area contributed by atoms with Gasteiger partial charge in [0.25, 0.3) is 5.15 Å². The lowest BCUT2D eigenvalue weighted by molar-refractivity contribution is -0.389. The summed E-state index contributed by atoms with van der Waals surface area (Å²) in [4.78, 5) is 12.9. The van der Waals surface area contributed by atoms with Crippen LogP contribution in [0.2, 0.25) is 20.2 Å². The van der Waals surface area contributed by atoms with Crippen LogP contribution in [0.1, 0.15) is 0 Å². The van der Waals surface area contributed by atoms with Crippen LogP contribution < -0.4 is 0 Å². The van der Waals surface area contributed by atoms with E-state index < -0.39 is 10.7 Å². The number of nitrogens with zero attached hydrogens (tertiary/aromatic N) is 2. The molecule has 0 aliphatic rings. The molecule has 0 unspecified atom stereocenters. The van der Waals surface area contributed by atoms with Crippen LogP contribution in [0.25, 0.3) is 0 Å². The van der Waals surface area contributed by atoms with Crippen molar-refractivity contribution in [1.82, 2.24) is 4.98 Å². The van der Waals surface area contributed by atoms with Crippen LogP contribution in [0, 0.1) is 10.1 Å². The van der Waals surface area contributed by atoms with E-state index in [1.54, 1.807) is 0 Å². The fourth-order valence-electron chi connectivity index (χ4n) is 0.597. The Balaban J connectivity index is 3.50. The zero-order valence-electron chi connectivity index (χ0n) is 5.72. The van der Waals surface area contributed by atoms with Crippen molar-refractivity contribution in [2.75, 3.05) is 0 Å². The van der Waals surface area contributed by atoms with Crippen molar-refractivity contribution in [2.45, 2.75) is 0 Å². The molecule has 0 spiro atoms. The Morgan fingerprint density at radius 2 is 1.62 bits per heavy atom. The molecule has 0 amide bonds. The van der Waals surface area contributed by atoms with Gasteiger partial charge in [-0.3, -0.25) is 0 Å². The number of nitro groups is 1. The summed E-state index contributed by atoms with van der Waals surface area (Å²) < 4.78 is 0.